The van der Waals surface area contributed by atoms with E-state index in [9.17, 15) is 14.7 Å². The first-order valence-electron chi connectivity index (χ1n) is 12.1. The molecule has 0 aliphatic heterocycles. The molecule has 0 unspecified atom stereocenters. The van der Waals surface area contributed by atoms with Crippen molar-refractivity contribution in [3.8, 4) is 0 Å². The van der Waals surface area contributed by atoms with Crippen molar-refractivity contribution >= 4 is 17.9 Å². The molecule has 178 valence electrons. The molecular formula is C27H34O6. The number of hydrogen-bond donors (Lipinski definition) is 1. The molecule has 0 saturated heterocycles. The molecule has 4 aliphatic rings. The number of Topliss-reactive ketones (excluding diaryl/α,β-unsaturated/α-hetero) is 1. The minimum atomic E-state index is -0.278. The van der Waals surface area contributed by atoms with Crippen LogP contribution in [0.15, 0.2) is 30.3 Å². The van der Waals surface area contributed by atoms with Crippen molar-refractivity contribution in [2.45, 2.75) is 71.3 Å². The summed E-state index contributed by atoms with van der Waals surface area (Å²) in [6.07, 6.45) is 7.69. The number of benzene rings is 1. The van der Waals surface area contributed by atoms with Crippen LogP contribution in [-0.2, 0) is 19.1 Å². The van der Waals surface area contributed by atoms with Gasteiger partial charge in [0, 0.05) is 24.4 Å². The quantitative estimate of drug-likeness (QED) is 0.687. The Balaban J connectivity index is 0.000000821. The fraction of sp³-hybridized carbons (Fsp3) is 0.667. The molecule has 6 heteroatoms. The van der Waals surface area contributed by atoms with Crippen LogP contribution in [0.1, 0.15) is 75.6 Å². The Morgan fingerprint density at radius 1 is 1.15 bits per heavy atom. The van der Waals surface area contributed by atoms with Gasteiger partial charge in [0.25, 0.3) is 0 Å². The second-order valence-electron chi connectivity index (χ2n) is 11.1. The van der Waals surface area contributed by atoms with Crippen LogP contribution in [-0.4, -0.2) is 35.7 Å². The Labute approximate surface area is 195 Å². The molecule has 0 aromatic heterocycles. The summed E-state index contributed by atoms with van der Waals surface area (Å²) in [5, 5.41) is 10.3. The number of ether oxygens (including phenoxy) is 1. The van der Waals surface area contributed by atoms with Gasteiger partial charge in [0.2, 0.25) is 0 Å². The first kappa shape index (κ1) is 23.8. The Kier molecular flexibility index (Phi) is 6.36. The molecular weight excluding hydrogens is 420 g/mol. The number of aliphatic hydroxyl groups is 1. The van der Waals surface area contributed by atoms with Gasteiger partial charge in [-0.15, -0.1) is 0 Å². The van der Waals surface area contributed by atoms with E-state index in [-0.39, 0.29) is 58.8 Å². The third-order valence-electron chi connectivity index (χ3n) is 9.79. The van der Waals surface area contributed by atoms with Gasteiger partial charge >= 0.3 is 12.1 Å². The Morgan fingerprint density at radius 3 is 2.52 bits per heavy atom. The third kappa shape index (κ3) is 3.68. The summed E-state index contributed by atoms with van der Waals surface area (Å²) in [5.41, 5.74) is 0.541. The van der Waals surface area contributed by atoms with Crippen LogP contribution in [0.3, 0.4) is 0 Å². The number of carbonyl (C=O) groups is 2. The maximum absolute atomic E-state index is 13.0. The lowest BCUT2D eigenvalue weighted by Crippen LogP contribution is -2.63. The average Bonchev–Trinajstić information content (AvgIpc) is 3.13. The average molecular weight is 455 g/mol. The highest BCUT2D eigenvalue weighted by Gasteiger charge is 2.70. The lowest BCUT2D eigenvalue weighted by Gasteiger charge is -2.65. The molecule has 6 nitrogen and oxygen atoms in total. The fourth-order valence-electron chi connectivity index (χ4n) is 8.31. The second-order valence-corrected chi connectivity index (χ2v) is 11.1. The minimum Gasteiger partial charge on any atom is -0.458 e. The molecule has 33 heavy (non-hydrogen) atoms. The summed E-state index contributed by atoms with van der Waals surface area (Å²) in [5.74, 6) is 0.741. The molecule has 4 fully saturated rings. The predicted molar refractivity (Wildman–Crippen MR) is 119 cm³/mol. The van der Waals surface area contributed by atoms with Crippen molar-refractivity contribution < 1.29 is 29.0 Å². The Morgan fingerprint density at radius 2 is 1.85 bits per heavy atom. The summed E-state index contributed by atoms with van der Waals surface area (Å²) in [4.78, 5) is 42.2. The standard InChI is InChI=1S/C26H34O4.CO2/c1-24-11-12-26(16-24)19(14-21(24)28)13-20(30-23(29)17-7-4-3-5-8-17)22-18(15-27)9-6-10-25(22,26)2;2-1-3/h3-5,7-8,18-20,22,27H,6,9-16H2,1-2H3;/t18-,19-,20+,22+,24-,25-,26-;/m0./s1. The molecule has 0 amide bonds. The molecule has 4 saturated carbocycles. The van der Waals surface area contributed by atoms with Gasteiger partial charge < -0.3 is 9.84 Å². The molecule has 1 N–H and O–H groups in total. The SMILES string of the molecule is C[C@]12CC[C@]3(C1)[C@H](CC2=O)C[C@@H](OC(=O)c1ccccc1)[C@H]1[C@H](CO)CCC[C@@]13C.O=C=O. The van der Waals surface area contributed by atoms with Crippen LogP contribution in [0.4, 0.5) is 0 Å². The molecule has 1 spiro atoms. The smallest absolute Gasteiger partial charge is 0.373 e. The van der Waals surface area contributed by atoms with Crippen molar-refractivity contribution in [1.82, 2.24) is 0 Å². The normalized spacial score (nSPS) is 41.0. The van der Waals surface area contributed by atoms with E-state index in [0.717, 1.165) is 44.9 Å². The van der Waals surface area contributed by atoms with E-state index >= 15 is 0 Å². The van der Waals surface area contributed by atoms with Crippen molar-refractivity contribution in [1.29, 1.82) is 0 Å². The number of ketones is 1. The zero-order valence-electron chi connectivity index (χ0n) is 19.5. The maximum Gasteiger partial charge on any atom is 0.373 e. The van der Waals surface area contributed by atoms with Gasteiger partial charge in [-0.05, 0) is 73.3 Å². The highest BCUT2D eigenvalue weighted by molar-refractivity contribution is 5.89. The summed E-state index contributed by atoms with van der Waals surface area (Å²) in [6, 6.07) is 9.19. The number of carbonyl (C=O) groups excluding carboxylic acids is 4. The lowest BCUT2D eigenvalue weighted by molar-refractivity contribution is -0.202. The van der Waals surface area contributed by atoms with Gasteiger partial charge in [-0.2, -0.15) is 9.59 Å². The van der Waals surface area contributed by atoms with E-state index in [1.54, 1.807) is 12.1 Å². The maximum atomic E-state index is 13.0. The molecule has 1 aromatic carbocycles. The van der Waals surface area contributed by atoms with Crippen molar-refractivity contribution in [3.63, 3.8) is 0 Å². The lowest BCUT2D eigenvalue weighted by atomic mass is 9.39. The van der Waals surface area contributed by atoms with Crippen molar-refractivity contribution in [2.75, 3.05) is 6.61 Å². The number of aliphatic hydroxyl groups excluding tert-OH is 1. The van der Waals surface area contributed by atoms with E-state index in [4.69, 9.17) is 14.3 Å². The minimum absolute atomic E-state index is 0.00164. The highest BCUT2D eigenvalue weighted by Crippen LogP contribution is 2.74. The van der Waals surface area contributed by atoms with Crippen LogP contribution >= 0.6 is 0 Å². The van der Waals surface area contributed by atoms with E-state index in [1.165, 1.54) is 0 Å². The molecule has 7 atom stereocenters. The van der Waals surface area contributed by atoms with Gasteiger partial charge in [0.05, 0.1) is 5.56 Å². The molecule has 0 heterocycles. The van der Waals surface area contributed by atoms with Crippen LogP contribution in [0.2, 0.25) is 0 Å². The number of rotatable bonds is 3. The number of fused-ring (bicyclic) bond motifs is 2. The molecule has 2 bridgehead atoms. The molecule has 4 aliphatic carbocycles. The van der Waals surface area contributed by atoms with Gasteiger partial charge in [-0.3, -0.25) is 4.79 Å². The van der Waals surface area contributed by atoms with E-state index in [0.29, 0.717) is 17.8 Å². The summed E-state index contributed by atoms with van der Waals surface area (Å²) >= 11 is 0. The van der Waals surface area contributed by atoms with E-state index in [1.807, 2.05) is 18.2 Å². The van der Waals surface area contributed by atoms with E-state index in [2.05, 4.69) is 13.8 Å². The van der Waals surface area contributed by atoms with Crippen molar-refractivity contribution in [2.24, 2.45) is 34.0 Å². The monoisotopic (exact) mass is 454 g/mol. The second kappa shape index (κ2) is 8.81. The summed E-state index contributed by atoms with van der Waals surface area (Å²) in [6.45, 7) is 4.72. The zero-order chi connectivity index (χ0) is 23.9. The zero-order valence-corrected chi connectivity index (χ0v) is 19.5. The van der Waals surface area contributed by atoms with Gasteiger partial charge in [0.15, 0.2) is 0 Å². The molecule has 0 radical (unpaired) electrons. The van der Waals surface area contributed by atoms with Crippen LogP contribution in [0.25, 0.3) is 0 Å². The largest absolute Gasteiger partial charge is 0.458 e. The number of esters is 1. The van der Waals surface area contributed by atoms with Gasteiger partial charge in [-0.25, -0.2) is 4.79 Å². The fourth-order valence-corrected chi connectivity index (χ4v) is 8.31. The Hall–Kier alpha value is -2.30. The van der Waals surface area contributed by atoms with Gasteiger partial charge in [0.1, 0.15) is 11.9 Å². The number of hydrogen-bond acceptors (Lipinski definition) is 6. The molecule has 1 aromatic rings. The first-order valence-corrected chi connectivity index (χ1v) is 12.1. The van der Waals surface area contributed by atoms with E-state index < -0.39 is 0 Å². The highest BCUT2D eigenvalue weighted by atomic mass is 16.5. The van der Waals surface area contributed by atoms with Crippen LogP contribution < -0.4 is 0 Å². The van der Waals surface area contributed by atoms with Crippen LogP contribution in [0, 0.1) is 34.0 Å². The topological polar surface area (TPSA) is 97.7 Å². The predicted octanol–water partition coefficient (Wildman–Crippen LogP) is 4.21. The Bertz CT molecular complexity index is 937. The first-order chi connectivity index (χ1) is 15.7. The third-order valence-corrected chi connectivity index (χ3v) is 9.79. The molecule has 5 rings (SSSR count). The van der Waals surface area contributed by atoms with Gasteiger partial charge in [-0.1, -0.05) is 38.5 Å². The van der Waals surface area contributed by atoms with Crippen LogP contribution in [0.5, 0.6) is 0 Å². The summed E-state index contributed by atoms with van der Waals surface area (Å²) in [7, 11) is 0. The summed E-state index contributed by atoms with van der Waals surface area (Å²) < 4.78 is 6.20. The van der Waals surface area contributed by atoms with Crippen molar-refractivity contribution in [3.05, 3.63) is 35.9 Å².